The van der Waals surface area contributed by atoms with Crippen molar-refractivity contribution < 1.29 is 14.3 Å². The number of nitrogens with zero attached hydrogens (tertiary/aromatic N) is 2. The van der Waals surface area contributed by atoms with E-state index in [1.165, 1.54) is 11.8 Å². The molecule has 160 valence electrons. The zero-order chi connectivity index (χ0) is 22.1. The van der Waals surface area contributed by atoms with Gasteiger partial charge in [0.25, 0.3) is 5.91 Å². The Labute approximate surface area is 188 Å². The number of amides is 2. The molecule has 1 aliphatic heterocycles. The molecule has 9 heteroatoms. The fourth-order valence-electron chi connectivity index (χ4n) is 3.44. The molecule has 1 atom stereocenters. The number of halogens is 1. The molecule has 0 fully saturated rings. The Kier molecular flexibility index (Phi) is 5.93. The first-order chi connectivity index (χ1) is 14.8. The molecule has 0 spiro atoms. The van der Waals surface area contributed by atoms with Crippen LogP contribution in [0, 0.1) is 13.8 Å². The lowest BCUT2D eigenvalue weighted by Gasteiger charge is -2.16. The summed E-state index contributed by atoms with van der Waals surface area (Å²) in [5.74, 6) is 0.892. The van der Waals surface area contributed by atoms with Crippen LogP contribution in [0.4, 0.5) is 5.82 Å². The maximum atomic E-state index is 12.5. The first-order valence-corrected chi connectivity index (χ1v) is 11.0. The van der Waals surface area contributed by atoms with Gasteiger partial charge in [0.2, 0.25) is 5.91 Å². The largest absolute Gasteiger partial charge is 0.484 e. The van der Waals surface area contributed by atoms with Crippen LogP contribution in [0.1, 0.15) is 27.6 Å². The second-order valence-corrected chi connectivity index (χ2v) is 8.76. The molecule has 4 rings (SSSR count). The number of benzene rings is 2. The second kappa shape index (κ2) is 8.64. The summed E-state index contributed by atoms with van der Waals surface area (Å²) in [5, 5.41) is 8.25. The normalized spacial score (nSPS) is 15.7. The van der Waals surface area contributed by atoms with Gasteiger partial charge in [0, 0.05) is 10.6 Å². The Morgan fingerprint density at radius 2 is 2.03 bits per heavy atom. The highest BCUT2D eigenvalue weighted by Crippen LogP contribution is 2.44. The van der Waals surface area contributed by atoms with Gasteiger partial charge in [0.05, 0.1) is 22.4 Å². The molecule has 3 aromatic rings. The van der Waals surface area contributed by atoms with Gasteiger partial charge < -0.3 is 15.8 Å². The number of anilines is 1. The minimum atomic E-state index is -0.531. The van der Waals surface area contributed by atoms with Crippen LogP contribution < -0.4 is 15.8 Å². The van der Waals surface area contributed by atoms with Crippen LogP contribution >= 0.6 is 23.4 Å². The number of nitrogens with two attached hydrogens (primary N) is 1. The summed E-state index contributed by atoms with van der Waals surface area (Å²) in [5.41, 5.74) is 9.64. The molecule has 3 N–H and O–H groups in total. The molecule has 0 radical (unpaired) electrons. The van der Waals surface area contributed by atoms with Crippen molar-refractivity contribution in [3.8, 4) is 11.4 Å². The van der Waals surface area contributed by atoms with Crippen LogP contribution in [0.15, 0.2) is 42.5 Å². The predicted molar refractivity (Wildman–Crippen MR) is 122 cm³/mol. The standard InChI is InChI=1S/C22H21ClN4O3S/c1-12-3-6-15(9-17(12)23)27-22-20(13(2)26-27)21(31-11-19(29)25-22)14-4-7-16(8-5-14)30-10-18(24)28/h3-9,21H,10-11H2,1-2H3,(H2,24,28)(H,25,29). The molecule has 2 heterocycles. The number of aromatic nitrogens is 2. The highest BCUT2D eigenvalue weighted by atomic mass is 35.5. The number of thioether (sulfide) groups is 1. The van der Waals surface area contributed by atoms with E-state index in [1.54, 1.807) is 16.8 Å². The third-order valence-corrected chi connectivity index (χ3v) is 6.65. The summed E-state index contributed by atoms with van der Waals surface area (Å²) in [6.45, 7) is 3.69. The molecular weight excluding hydrogens is 436 g/mol. The van der Waals surface area contributed by atoms with E-state index in [0.29, 0.717) is 22.3 Å². The molecule has 2 aromatic carbocycles. The first-order valence-electron chi connectivity index (χ1n) is 9.62. The van der Waals surface area contributed by atoms with E-state index < -0.39 is 5.91 Å². The van der Waals surface area contributed by atoms with Gasteiger partial charge in [-0.1, -0.05) is 29.8 Å². The number of carbonyl (C=O) groups excluding carboxylic acids is 2. The number of ether oxygens (including phenoxy) is 1. The zero-order valence-corrected chi connectivity index (χ0v) is 18.6. The molecule has 1 aromatic heterocycles. The van der Waals surface area contributed by atoms with Gasteiger partial charge in [-0.15, -0.1) is 11.8 Å². The lowest BCUT2D eigenvalue weighted by molar-refractivity contribution is -0.120. The minimum Gasteiger partial charge on any atom is -0.484 e. The summed E-state index contributed by atoms with van der Waals surface area (Å²) in [6, 6.07) is 13.1. The highest BCUT2D eigenvalue weighted by Gasteiger charge is 2.30. The molecule has 0 aliphatic carbocycles. The van der Waals surface area contributed by atoms with Crippen molar-refractivity contribution >= 4 is 41.0 Å². The number of hydrogen-bond donors (Lipinski definition) is 2. The van der Waals surface area contributed by atoms with Crippen LogP contribution in [0.2, 0.25) is 5.02 Å². The lowest BCUT2D eigenvalue weighted by Crippen LogP contribution is -2.19. The molecular formula is C22H21ClN4O3S. The third-order valence-electron chi connectivity index (χ3n) is 4.97. The average Bonchev–Trinajstić information content (AvgIpc) is 2.94. The summed E-state index contributed by atoms with van der Waals surface area (Å²) in [7, 11) is 0. The number of primary amides is 1. The lowest BCUT2D eigenvalue weighted by atomic mass is 10.0. The van der Waals surface area contributed by atoms with E-state index in [-0.39, 0.29) is 17.8 Å². The molecule has 0 saturated carbocycles. The van der Waals surface area contributed by atoms with E-state index in [4.69, 9.17) is 27.2 Å². The molecule has 0 saturated heterocycles. The van der Waals surface area contributed by atoms with Crippen LogP contribution in [0.25, 0.3) is 5.69 Å². The Morgan fingerprint density at radius 1 is 1.29 bits per heavy atom. The SMILES string of the molecule is Cc1ccc(-n2nc(C)c3c2NC(=O)CSC3c2ccc(OCC(N)=O)cc2)cc1Cl. The molecule has 31 heavy (non-hydrogen) atoms. The predicted octanol–water partition coefficient (Wildman–Crippen LogP) is 3.78. The number of carbonyl (C=O) groups is 2. The second-order valence-electron chi connectivity index (χ2n) is 7.26. The van der Waals surface area contributed by atoms with Crippen molar-refractivity contribution in [3.05, 3.63) is 69.9 Å². The van der Waals surface area contributed by atoms with Crippen LogP contribution in [-0.4, -0.2) is 34.0 Å². The van der Waals surface area contributed by atoms with Gasteiger partial charge >= 0.3 is 0 Å². The van der Waals surface area contributed by atoms with Crippen molar-refractivity contribution in [2.75, 3.05) is 17.7 Å². The monoisotopic (exact) mass is 456 g/mol. The van der Waals surface area contributed by atoms with Gasteiger partial charge in [-0.2, -0.15) is 5.10 Å². The Balaban J connectivity index is 1.74. The number of nitrogens with one attached hydrogen (secondary N) is 1. The summed E-state index contributed by atoms with van der Waals surface area (Å²) in [4.78, 5) is 23.4. The third kappa shape index (κ3) is 4.40. The van der Waals surface area contributed by atoms with Crippen molar-refractivity contribution in [1.82, 2.24) is 9.78 Å². The van der Waals surface area contributed by atoms with E-state index in [2.05, 4.69) is 5.32 Å². The number of hydrogen-bond acceptors (Lipinski definition) is 5. The van der Waals surface area contributed by atoms with Crippen molar-refractivity contribution in [2.24, 2.45) is 5.73 Å². The summed E-state index contributed by atoms with van der Waals surface area (Å²) < 4.78 is 7.08. The maximum Gasteiger partial charge on any atom is 0.255 e. The van der Waals surface area contributed by atoms with E-state index in [1.807, 2.05) is 44.2 Å². The van der Waals surface area contributed by atoms with Crippen LogP contribution in [0.5, 0.6) is 5.75 Å². The summed E-state index contributed by atoms with van der Waals surface area (Å²) >= 11 is 7.86. The van der Waals surface area contributed by atoms with Gasteiger partial charge in [-0.05, 0) is 49.2 Å². The van der Waals surface area contributed by atoms with Crippen molar-refractivity contribution in [2.45, 2.75) is 19.1 Å². The molecule has 0 bridgehead atoms. The topological polar surface area (TPSA) is 99.2 Å². The van der Waals surface area contributed by atoms with Gasteiger partial charge in [-0.3, -0.25) is 9.59 Å². The average molecular weight is 457 g/mol. The van der Waals surface area contributed by atoms with E-state index in [9.17, 15) is 9.59 Å². The summed E-state index contributed by atoms with van der Waals surface area (Å²) in [6.07, 6.45) is 0. The number of aryl methyl sites for hydroxylation is 2. The quantitative estimate of drug-likeness (QED) is 0.608. The number of fused-ring (bicyclic) bond motifs is 1. The molecule has 1 aliphatic rings. The smallest absolute Gasteiger partial charge is 0.255 e. The maximum absolute atomic E-state index is 12.5. The Hall–Kier alpha value is -2.97. The fraction of sp³-hybridized carbons (Fsp3) is 0.227. The van der Waals surface area contributed by atoms with Gasteiger partial charge in [0.15, 0.2) is 6.61 Å². The van der Waals surface area contributed by atoms with E-state index >= 15 is 0 Å². The molecule has 1 unspecified atom stereocenters. The van der Waals surface area contributed by atoms with Crippen molar-refractivity contribution in [1.29, 1.82) is 0 Å². The zero-order valence-electron chi connectivity index (χ0n) is 17.0. The Bertz CT molecular complexity index is 1160. The molecule has 2 amide bonds. The number of rotatable bonds is 5. The first kappa shape index (κ1) is 21.3. The van der Waals surface area contributed by atoms with Gasteiger partial charge in [-0.25, -0.2) is 4.68 Å². The van der Waals surface area contributed by atoms with Gasteiger partial charge in [0.1, 0.15) is 11.6 Å². The van der Waals surface area contributed by atoms with Crippen LogP contribution in [0.3, 0.4) is 0 Å². The van der Waals surface area contributed by atoms with E-state index in [0.717, 1.165) is 28.1 Å². The highest BCUT2D eigenvalue weighted by molar-refractivity contribution is 8.00. The molecule has 7 nitrogen and oxygen atoms in total. The fourth-order valence-corrected chi connectivity index (χ4v) is 4.80. The minimum absolute atomic E-state index is 0.0884. The Morgan fingerprint density at radius 3 is 2.71 bits per heavy atom. The van der Waals surface area contributed by atoms with Crippen molar-refractivity contribution in [3.63, 3.8) is 0 Å². The van der Waals surface area contributed by atoms with Crippen LogP contribution in [-0.2, 0) is 9.59 Å².